The van der Waals surface area contributed by atoms with Crippen molar-refractivity contribution < 1.29 is 4.74 Å². The number of hydrogen-bond acceptors (Lipinski definition) is 5. The Bertz CT molecular complexity index is 1160. The van der Waals surface area contributed by atoms with E-state index in [0.29, 0.717) is 6.42 Å². The van der Waals surface area contributed by atoms with E-state index < -0.39 is 0 Å². The molecule has 0 atom stereocenters. The minimum absolute atomic E-state index is 0.714. The molecule has 1 saturated heterocycles. The Balaban J connectivity index is 1.26. The molecule has 1 aromatic carbocycles. The van der Waals surface area contributed by atoms with Gasteiger partial charge in [-0.2, -0.15) is 5.10 Å². The van der Waals surface area contributed by atoms with Crippen LogP contribution in [0, 0.1) is 0 Å². The Morgan fingerprint density at radius 1 is 0.938 bits per heavy atom. The third-order valence-corrected chi connectivity index (χ3v) is 6.16. The molecule has 4 heterocycles. The lowest BCUT2D eigenvalue weighted by molar-refractivity contribution is 0.334. The van der Waals surface area contributed by atoms with Gasteiger partial charge in [-0.3, -0.25) is 4.98 Å². The average Bonchev–Trinajstić information content (AvgIpc) is 3.49. The van der Waals surface area contributed by atoms with Gasteiger partial charge in [-0.05, 0) is 80.7 Å². The smallest absolute Gasteiger partial charge is 0.156 e. The van der Waals surface area contributed by atoms with Crippen LogP contribution >= 0.6 is 0 Å². The molecule has 5 rings (SSSR count). The van der Waals surface area contributed by atoms with Crippen molar-refractivity contribution in [3.63, 3.8) is 0 Å². The van der Waals surface area contributed by atoms with E-state index in [1.54, 1.807) is 13.3 Å². The maximum absolute atomic E-state index is 5.22. The second kappa shape index (κ2) is 9.49. The number of benzene rings is 1. The lowest BCUT2D eigenvalue weighted by atomic mass is 10.1. The third-order valence-electron chi connectivity index (χ3n) is 6.16. The molecule has 1 aliphatic rings. The first-order valence-electron chi connectivity index (χ1n) is 11.4. The topological polar surface area (TPSA) is 55.5 Å². The molecular formula is C26H29N5O. The second-order valence-corrected chi connectivity index (χ2v) is 8.44. The van der Waals surface area contributed by atoms with Crippen molar-refractivity contribution in [2.75, 3.05) is 26.7 Å². The van der Waals surface area contributed by atoms with Crippen molar-refractivity contribution in [1.29, 1.82) is 0 Å². The van der Waals surface area contributed by atoms with E-state index >= 15 is 0 Å². The van der Waals surface area contributed by atoms with E-state index in [4.69, 9.17) is 14.8 Å². The van der Waals surface area contributed by atoms with E-state index in [-0.39, 0.29) is 0 Å². The highest BCUT2D eigenvalue weighted by atomic mass is 16.5. The van der Waals surface area contributed by atoms with Crippen LogP contribution in [0.5, 0.6) is 5.75 Å². The number of nitrogens with zero attached hydrogens (tertiary/aromatic N) is 5. The van der Waals surface area contributed by atoms with Gasteiger partial charge in [0.1, 0.15) is 5.75 Å². The number of hydrogen-bond donors (Lipinski definition) is 0. The number of aryl methyl sites for hydroxylation is 1. The molecule has 0 spiro atoms. The van der Waals surface area contributed by atoms with Gasteiger partial charge in [-0.15, -0.1) is 0 Å². The fourth-order valence-corrected chi connectivity index (χ4v) is 4.39. The maximum atomic E-state index is 5.22. The quantitative estimate of drug-likeness (QED) is 0.417. The summed E-state index contributed by atoms with van der Waals surface area (Å²) in [5, 5.41) is 4.77. The monoisotopic (exact) mass is 427 g/mol. The minimum Gasteiger partial charge on any atom is -0.495 e. The van der Waals surface area contributed by atoms with Gasteiger partial charge >= 0.3 is 0 Å². The lowest BCUT2D eigenvalue weighted by Crippen LogP contribution is -2.20. The molecule has 3 aromatic heterocycles. The second-order valence-electron chi connectivity index (χ2n) is 8.44. The largest absolute Gasteiger partial charge is 0.495 e. The summed E-state index contributed by atoms with van der Waals surface area (Å²) in [6.45, 7) is 3.78. The summed E-state index contributed by atoms with van der Waals surface area (Å²) >= 11 is 0. The average molecular weight is 428 g/mol. The van der Waals surface area contributed by atoms with Crippen molar-refractivity contribution >= 4 is 5.65 Å². The first-order chi connectivity index (χ1) is 15.8. The molecular weight excluding hydrogens is 398 g/mol. The van der Waals surface area contributed by atoms with Gasteiger partial charge in [0.05, 0.1) is 24.7 Å². The first kappa shape index (κ1) is 20.6. The molecule has 6 nitrogen and oxygen atoms in total. The normalized spacial score (nSPS) is 14.3. The number of pyridine rings is 2. The fraction of sp³-hybridized carbons (Fsp3) is 0.346. The summed E-state index contributed by atoms with van der Waals surface area (Å²) in [7, 11) is 1.64. The van der Waals surface area contributed by atoms with Gasteiger partial charge in [0, 0.05) is 6.42 Å². The minimum atomic E-state index is 0.714. The van der Waals surface area contributed by atoms with Crippen LogP contribution in [0.4, 0.5) is 0 Å². The molecule has 0 amide bonds. The van der Waals surface area contributed by atoms with E-state index in [9.17, 15) is 0 Å². The standard InChI is InChI=1S/C26H29N5O/c1-32-22-13-14-23(27-19-22)24-7-4-8-26-28-25(29-31(24)26)18-21-11-9-20(10-12-21)6-5-17-30-15-2-3-16-30/h4,7-14,19H,2-3,5-6,15-18H2,1H3. The molecule has 1 fully saturated rings. The zero-order valence-electron chi connectivity index (χ0n) is 18.6. The molecule has 4 aromatic rings. The Hall–Kier alpha value is -3.25. The number of aromatic nitrogens is 4. The van der Waals surface area contributed by atoms with Crippen LogP contribution in [0.15, 0.2) is 60.8 Å². The SMILES string of the molecule is COc1ccc(-c2cccc3nc(Cc4ccc(CCCN5CCCC5)cc4)nn23)nc1. The molecule has 1 aliphatic heterocycles. The van der Waals surface area contributed by atoms with Crippen molar-refractivity contribution in [2.45, 2.75) is 32.1 Å². The Morgan fingerprint density at radius 2 is 1.75 bits per heavy atom. The Morgan fingerprint density at radius 3 is 2.50 bits per heavy atom. The number of rotatable bonds is 8. The summed E-state index contributed by atoms with van der Waals surface area (Å²) < 4.78 is 7.09. The first-order valence-corrected chi connectivity index (χ1v) is 11.4. The summed E-state index contributed by atoms with van der Waals surface area (Å²) in [5.41, 5.74) is 5.22. The molecule has 0 bridgehead atoms. The number of fused-ring (bicyclic) bond motifs is 1. The van der Waals surface area contributed by atoms with Gasteiger partial charge in [0.2, 0.25) is 0 Å². The number of methoxy groups -OCH3 is 1. The van der Waals surface area contributed by atoms with Crippen LogP contribution in [0.2, 0.25) is 0 Å². The molecule has 0 unspecified atom stereocenters. The summed E-state index contributed by atoms with van der Waals surface area (Å²) in [6, 6.07) is 18.8. The van der Waals surface area contributed by atoms with Crippen LogP contribution in [0.1, 0.15) is 36.2 Å². The highest BCUT2D eigenvalue weighted by Crippen LogP contribution is 2.21. The van der Waals surface area contributed by atoms with Crippen LogP contribution in [-0.2, 0) is 12.8 Å². The van der Waals surface area contributed by atoms with Crippen LogP contribution in [-0.4, -0.2) is 51.2 Å². The molecule has 0 N–H and O–H groups in total. The zero-order chi connectivity index (χ0) is 21.8. The summed E-state index contributed by atoms with van der Waals surface area (Å²) in [5.74, 6) is 1.55. The Labute approximate surface area is 188 Å². The lowest BCUT2D eigenvalue weighted by Gasteiger charge is -2.13. The van der Waals surface area contributed by atoms with E-state index in [1.807, 2.05) is 34.8 Å². The van der Waals surface area contributed by atoms with Crippen molar-refractivity contribution in [1.82, 2.24) is 24.5 Å². The van der Waals surface area contributed by atoms with Gasteiger partial charge in [0.15, 0.2) is 11.5 Å². The van der Waals surface area contributed by atoms with E-state index in [0.717, 1.165) is 35.0 Å². The summed E-state index contributed by atoms with van der Waals surface area (Å²) in [4.78, 5) is 11.8. The van der Waals surface area contributed by atoms with Crippen molar-refractivity contribution in [3.8, 4) is 17.1 Å². The summed E-state index contributed by atoms with van der Waals surface area (Å²) in [6.07, 6.45) is 7.54. The predicted molar refractivity (Wildman–Crippen MR) is 126 cm³/mol. The van der Waals surface area contributed by atoms with Gasteiger partial charge < -0.3 is 9.64 Å². The molecule has 0 saturated carbocycles. The van der Waals surface area contributed by atoms with E-state index in [1.165, 1.54) is 50.0 Å². The van der Waals surface area contributed by atoms with Gasteiger partial charge in [0.25, 0.3) is 0 Å². The van der Waals surface area contributed by atoms with Gasteiger partial charge in [-0.25, -0.2) is 9.50 Å². The van der Waals surface area contributed by atoms with Crippen LogP contribution < -0.4 is 4.74 Å². The number of ether oxygens (including phenoxy) is 1. The third kappa shape index (κ3) is 4.65. The molecule has 0 aliphatic carbocycles. The number of likely N-dealkylation sites (tertiary alicyclic amines) is 1. The molecule has 6 heteroatoms. The van der Waals surface area contributed by atoms with Crippen molar-refractivity contribution in [2.24, 2.45) is 0 Å². The zero-order valence-corrected chi connectivity index (χ0v) is 18.6. The predicted octanol–water partition coefficient (Wildman–Crippen LogP) is 4.42. The molecule has 32 heavy (non-hydrogen) atoms. The van der Waals surface area contributed by atoms with E-state index in [2.05, 4.69) is 34.1 Å². The molecule has 0 radical (unpaired) electrons. The van der Waals surface area contributed by atoms with Crippen LogP contribution in [0.25, 0.3) is 17.0 Å². The Kier molecular flexibility index (Phi) is 6.12. The van der Waals surface area contributed by atoms with Gasteiger partial charge in [-0.1, -0.05) is 30.3 Å². The maximum Gasteiger partial charge on any atom is 0.156 e. The highest BCUT2D eigenvalue weighted by Gasteiger charge is 2.12. The fourth-order valence-electron chi connectivity index (χ4n) is 4.39. The van der Waals surface area contributed by atoms with Crippen LogP contribution in [0.3, 0.4) is 0 Å². The van der Waals surface area contributed by atoms with Crippen molar-refractivity contribution in [3.05, 3.63) is 77.7 Å². The molecule has 164 valence electrons. The highest BCUT2D eigenvalue weighted by molar-refractivity contribution is 5.59.